The second-order valence-corrected chi connectivity index (χ2v) is 7.87. The first-order valence-electron chi connectivity index (χ1n) is 10.5. The number of rotatable bonds is 8. The van der Waals surface area contributed by atoms with E-state index in [4.69, 9.17) is 4.74 Å². The maximum atomic E-state index is 13.3. The lowest BCUT2D eigenvalue weighted by atomic mass is 10.1. The second kappa shape index (κ2) is 10.2. The predicted octanol–water partition coefficient (Wildman–Crippen LogP) is 2.13. The van der Waals surface area contributed by atoms with Crippen LogP contribution in [0.3, 0.4) is 0 Å². The maximum Gasteiger partial charge on any atom is 0.352 e. The third-order valence-electron chi connectivity index (χ3n) is 4.96. The van der Waals surface area contributed by atoms with Gasteiger partial charge in [0, 0.05) is 20.3 Å². The second-order valence-electron chi connectivity index (χ2n) is 7.87. The highest BCUT2D eigenvalue weighted by molar-refractivity contribution is 5.91. The Kier molecular flexibility index (Phi) is 7.37. The van der Waals surface area contributed by atoms with Gasteiger partial charge in [-0.05, 0) is 56.0 Å². The fourth-order valence-electron chi connectivity index (χ4n) is 3.53. The molecule has 0 aliphatic heterocycles. The van der Waals surface area contributed by atoms with Crippen molar-refractivity contribution in [3.05, 3.63) is 91.3 Å². The van der Waals surface area contributed by atoms with Crippen LogP contribution in [0.15, 0.2) is 52.1 Å². The molecule has 1 N–H and O–H groups in total. The van der Waals surface area contributed by atoms with Gasteiger partial charge in [0.05, 0.1) is 12.2 Å². The molecule has 0 unspecified atom stereocenters. The topological polar surface area (TPSA) is 95.2 Å². The minimum atomic E-state index is -0.721. The minimum absolute atomic E-state index is 0.0383. The molecule has 0 radical (unpaired) electrons. The number of ether oxygens (including phenoxy) is 1. The van der Waals surface area contributed by atoms with Crippen molar-refractivity contribution in [1.82, 2.24) is 19.7 Å². The number of hydrogen-bond donors (Lipinski definition) is 1. The molecule has 0 aliphatic rings. The molecule has 0 fully saturated rings. The number of benzene rings is 2. The lowest BCUT2D eigenvalue weighted by Crippen LogP contribution is -2.46. The molecule has 1 amide bonds. The highest BCUT2D eigenvalue weighted by Crippen LogP contribution is 2.11. The van der Waals surface area contributed by atoms with Crippen LogP contribution in [0.5, 0.6) is 0 Å². The molecule has 0 atom stereocenters. The molecule has 2 aromatic carbocycles. The Morgan fingerprint density at radius 2 is 1.75 bits per heavy atom. The van der Waals surface area contributed by atoms with E-state index in [-0.39, 0.29) is 12.2 Å². The molecule has 0 aliphatic carbocycles. The van der Waals surface area contributed by atoms with Gasteiger partial charge in [0.1, 0.15) is 0 Å². The Labute approximate surface area is 186 Å². The summed E-state index contributed by atoms with van der Waals surface area (Å²) >= 11 is 0. The zero-order valence-corrected chi connectivity index (χ0v) is 18.8. The molecular weight excluding hydrogens is 408 g/mol. The van der Waals surface area contributed by atoms with Crippen LogP contribution in [0, 0.1) is 20.8 Å². The molecule has 0 spiro atoms. The Balaban J connectivity index is 2.13. The van der Waals surface area contributed by atoms with Crippen molar-refractivity contribution in [3.8, 4) is 5.69 Å². The van der Waals surface area contributed by atoms with Crippen molar-refractivity contribution in [2.24, 2.45) is 0 Å². The van der Waals surface area contributed by atoms with E-state index in [1.54, 1.807) is 19.2 Å². The van der Waals surface area contributed by atoms with Gasteiger partial charge in [-0.3, -0.25) is 14.2 Å². The quantitative estimate of drug-likeness (QED) is 0.546. The number of aryl methyl sites for hydroxylation is 3. The third-order valence-corrected chi connectivity index (χ3v) is 4.96. The monoisotopic (exact) mass is 436 g/mol. The van der Waals surface area contributed by atoms with Gasteiger partial charge in [-0.25, -0.2) is 4.79 Å². The highest BCUT2D eigenvalue weighted by atomic mass is 16.5. The van der Waals surface area contributed by atoms with Gasteiger partial charge in [0.25, 0.3) is 11.5 Å². The van der Waals surface area contributed by atoms with Gasteiger partial charge in [0.2, 0.25) is 5.69 Å². The molecule has 1 heterocycles. The van der Waals surface area contributed by atoms with E-state index >= 15 is 0 Å². The minimum Gasteiger partial charge on any atom is -0.385 e. The van der Waals surface area contributed by atoms with Crippen molar-refractivity contribution in [2.75, 3.05) is 20.3 Å². The SMILES string of the molecule is COCCCNC(=O)c1nn(-c2cc(C)cc(C)c2)c(=O)n(Cc2cccc(C)c2)c1=O. The van der Waals surface area contributed by atoms with Gasteiger partial charge in [-0.15, -0.1) is 0 Å². The van der Waals surface area contributed by atoms with Crippen molar-refractivity contribution >= 4 is 5.91 Å². The first-order valence-corrected chi connectivity index (χ1v) is 10.5. The highest BCUT2D eigenvalue weighted by Gasteiger charge is 2.20. The van der Waals surface area contributed by atoms with Crippen LogP contribution in [0.1, 0.15) is 39.2 Å². The van der Waals surface area contributed by atoms with Crippen molar-refractivity contribution in [2.45, 2.75) is 33.7 Å². The Morgan fingerprint density at radius 3 is 2.41 bits per heavy atom. The lowest BCUT2D eigenvalue weighted by Gasteiger charge is -2.13. The summed E-state index contributed by atoms with van der Waals surface area (Å²) in [6.07, 6.45) is 0.594. The summed E-state index contributed by atoms with van der Waals surface area (Å²) in [7, 11) is 1.58. The van der Waals surface area contributed by atoms with Crippen LogP contribution in [-0.4, -0.2) is 40.5 Å². The predicted molar refractivity (Wildman–Crippen MR) is 123 cm³/mol. The average Bonchev–Trinajstić information content (AvgIpc) is 2.73. The molecule has 168 valence electrons. The number of methoxy groups -OCH3 is 1. The molecule has 0 saturated heterocycles. The summed E-state index contributed by atoms with van der Waals surface area (Å²) in [5.41, 5.74) is 2.53. The normalized spacial score (nSPS) is 10.9. The van der Waals surface area contributed by atoms with E-state index in [0.29, 0.717) is 25.3 Å². The lowest BCUT2D eigenvalue weighted by molar-refractivity contribution is 0.0938. The third kappa shape index (κ3) is 5.39. The number of aromatic nitrogens is 3. The fraction of sp³-hybridized carbons (Fsp3) is 0.333. The Hall–Kier alpha value is -3.52. The molecule has 1 aromatic heterocycles. The average molecular weight is 437 g/mol. The zero-order chi connectivity index (χ0) is 23.3. The Morgan fingerprint density at radius 1 is 1.03 bits per heavy atom. The summed E-state index contributed by atoms with van der Waals surface area (Å²) in [4.78, 5) is 39.2. The fourth-order valence-corrected chi connectivity index (χ4v) is 3.53. The number of amides is 1. The van der Waals surface area contributed by atoms with E-state index in [1.807, 2.05) is 51.1 Å². The van der Waals surface area contributed by atoms with Crippen LogP contribution in [-0.2, 0) is 11.3 Å². The van der Waals surface area contributed by atoms with Crippen molar-refractivity contribution < 1.29 is 9.53 Å². The maximum absolute atomic E-state index is 13.3. The first-order chi connectivity index (χ1) is 15.3. The standard InChI is InChI=1S/C24H28N4O4/c1-16-7-5-8-19(12-16)15-27-23(30)21(22(29)25-9-6-10-32-4)26-28(24(27)31)20-13-17(2)11-18(3)14-20/h5,7-8,11-14H,6,9-10,15H2,1-4H3,(H,25,29). The van der Waals surface area contributed by atoms with Gasteiger partial charge in [0.15, 0.2) is 0 Å². The van der Waals surface area contributed by atoms with Gasteiger partial charge in [-0.2, -0.15) is 9.78 Å². The number of nitrogens with one attached hydrogen (secondary N) is 1. The summed E-state index contributed by atoms with van der Waals surface area (Å²) < 4.78 is 7.17. The van der Waals surface area contributed by atoms with Gasteiger partial charge >= 0.3 is 5.69 Å². The molecule has 0 saturated carbocycles. The summed E-state index contributed by atoms with van der Waals surface area (Å²) in [6, 6.07) is 13.1. The van der Waals surface area contributed by atoms with Crippen LogP contribution in [0.2, 0.25) is 0 Å². The number of nitrogens with zero attached hydrogens (tertiary/aromatic N) is 3. The van der Waals surface area contributed by atoms with Gasteiger partial charge < -0.3 is 10.1 Å². The van der Waals surface area contributed by atoms with Crippen molar-refractivity contribution in [1.29, 1.82) is 0 Å². The smallest absolute Gasteiger partial charge is 0.352 e. The van der Waals surface area contributed by atoms with Gasteiger partial charge in [-0.1, -0.05) is 35.9 Å². The summed E-state index contributed by atoms with van der Waals surface area (Å²) in [6.45, 7) is 6.60. The van der Waals surface area contributed by atoms with Crippen LogP contribution < -0.4 is 16.6 Å². The first kappa shape index (κ1) is 23.1. The van der Waals surface area contributed by atoms with E-state index in [1.165, 1.54) is 0 Å². The largest absolute Gasteiger partial charge is 0.385 e. The number of hydrogen-bond acceptors (Lipinski definition) is 5. The molecular formula is C24H28N4O4. The molecule has 8 nitrogen and oxygen atoms in total. The summed E-state index contributed by atoms with van der Waals surface area (Å²) in [5, 5.41) is 6.86. The van der Waals surface area contributed by atoms with E-state index in [0.717, 1.165) is 31.5 Å². The van der Waals surface area contributed by atoms with E-state index in [9.17, 15) is 14.4 Å². The Bertz CT molecular complexity index is 1220. The summed E-state index contributed by atoms with van der Waals surface area (Å²) in [5.74, 6) is -0.623. The van der Waals surface area contributed by atoms with Crippen LogP contribution in [0.25, 0.3) is 5.69 Å². The number of carbonyl (C=O) groups is 1. The van der Waals surface area contributed by atoms with Crippen LogP contribution in [0.4, 0.5) is 0 Å². The molecule has 32 heavy (non-hydrogen) atoms. The van der Waals surface area contributed by atoms with E-state index < -0.39 is 17.2 Å². The molecule has 3 rings (SSSR count). The van der Waals surface area contributed by atoms with E-state index in [2.05, 4.69) is 10.4 Å². The zero-order valence-electron chi connectivity index (χ0n) is 18.8. The molecule has 3 aromatic rings. The van der Waals surface area contributed by atoms with Crippen LogP contribution >= 0.6 is 0 Å². The molecule has 0 bridgehead atoms. The molecule has 8 heteroatoms. The number of carbonyl (C=O) groups excluding carboxylic acids is 1. The van der Waals surface area contributed by atoms with Crippen molar-refractivity contribution in [3.63, 3.8) is 0 Å².